The average Bonchev–Trinajstić information content (AvgIpc) is 2.61. The number of halogens is 1. The van der Waals surface area contributed by atoms with Crippen LogP contribution in [0.2, 0.25) is 0 Å². The number of ether oxygens (including phenoxy) is 1. The first-order valence-corrected chi connectivity index (χ1v) is 7.79. The highest BCUT2D eigenvalue weighted by molar-refractivity contribution is 5.98. The minimum Gasteiger partial charge on any atom is -0.449 e. The van der Waals surface area contributed by atoms with Gasteiger partial charge in [0.05, 0.1) is 5.56 Å². The predicted octanol–water partition coefficient (Wildman–Crippen LogP) is 4.16. The molecule has 0 fully saturated rings. The highest BCUT2D eigenvalue weighted by atomic mass is 19.1. The molecule has 3 aromatic rings. The van der Waals surface area contributed by atoms with E-state index in [-0.39, 0.29) is 5.56 Å². The summed E-state index contributed by atoms with van der Waals surface area (Å²) in [6.45, 7) is 1.47. The second-order valence-electron chi connectivity index (χ2n) is 5.61. The molecular formula is C20H16FNO3. The SMILES string of the molecule is C[C@H](OC(=O)c1cccc(F)c1)C(=O)Nc1ccc2ccccc2c1. The van der Waals surface area contributed by atoms with Gasteiger partial charge in [0.25, 0.3) is 5.91 Å². The number of amides is 1. The molecule has 3 rings (SSSR count). The Hall–Kier alpha value is -3.21. The van der Waals surface area contributed by atoms with Crippen LogP contribution in [0.3, 0.4) is 0 Å². The fourth-order valence-corrected chi connectivity index (χ4v) is 2.41. The summed E-state index contributed by atoms with van der Waals surface area (Å²) in [7, 11) is 0. The summed E-state index contributed by atoms with van der Waals surface area (Å²) in [4.78, 5) is 24.2. The summed E-state index contributed by atoms with van der Waals surface area (Å²) >= 11 is 0. The van der Waals surface area contributed by atoms with Crippen molar-refractivity contribution in [3.05, 3.63) is 78.1 Å². The highest BCUT2D eigenvalue weighted by Gasteiger charge is 2.19. The Bertz CT molecular complexity index is 939. The smallest absolute Gasteiger partial charge is 0.339 e. The maximum absolute atomic E-state index is 13.2. The minimum absolute atomic E-state index is 0.0605. The van der Waals surface area contributed by atoms with Crippen molar-refractivity contribution in [2.75, 3.05) is 5.32 Å². The molecule has 4 nitrogen and oxygen atoms in total. The molecule has 0 saturated carbocycles. The first-order chi connectivity index (χ1) is 12.0. The van der Waals surface area contributed by atoms with Gasteiger partial charge in [-0.05, 0) is 48.0 Å². The fourth-order valence-electron chi connectivity index (χ4n) is 2.41. The number of fused-ring (bicyclic) bond motifs is 1. The van der Waals surface area contributed by atoms with Gasteiger partial charge in [-0.25, -0.2) is 9.18 Å². The lowest BCUT2D eigenvalue weighted by Gasteiger charge is -2.14. The number of anilines is 1. The molecule has 0 aliphatic carbocycles. The van der Waals surface area contributed by atoms with Crippen molar-refractivity contribution in [3.8, 4) is 0 Å². The van der Waals surface area contributed by atoms with E-state index in [4.69, 9.17) is 4.74 Å². The van der Waals surface area contributed by atoms with Gasteiger partial charge in [0.2, 0.25) is 0 Å². The number of nitrogens with one attached hydrogen (secondary N) is 1. The van der Waals surface area contributed by atoms with Crippen LogP contribution in [-0.2, 0) is 9.53 Å². The lowest BCUT2D eigenvalue weighted by atomic mass is 10.1. The molecular weight excluding hydrogens is 321 g/mol. The second kappa shape index (κ2) is 7.13. The van der Waals surface area contributed by atoms with Crippen molar-refractivity contribution in [3.63, 3.8) is 0 Å². The summed E-state index contributed by atoms with van der Waals surface area (Å²) in [6, 6.07) is 18.4. The molecule has 0 bridgehead atoms. The van der Waals surface area contributed by atoms with Crippen LogP contribution in [0, 0.1) is 5.82 Å². The van der Waals surface area contributed by atoms with Gasteiger partial charge in [-0.1, -0.05) is 36.4 Å². The molecule has 3 aromatic carbocycles. The largest absolute Gasteiger partial charge is 0.449 e. The monoisotopic (exact) mass is 337 g/mol. The molecule has 1 atom stereocenters. The molecule has 126 valence electrons. The number of carbonyl (C=O) groups excluding carboxylic acids is 2. The van der Waals surface area contributed by atoms with Crippen molar-refractivity contribution < 1.29 is 18.7 Å². The van der Waals surface area contributed by atoms with E-state index in [9.17, 15) is 14.0 Å². The number of carbonyl (C=O) groups is 2. The molecule has 0 unspecified atom stereocenters. The molecule has 5 heteroatoms. The van der Waals surface area contributed by atoms with Gasteiger partial charge < -0.3 is 10.1 Å². The normalized spacial score (nSPS) is 11.8. The van der Waals surface area contributed by atoms with E-state index in [1.54, 1.807) is 6.07 Å². The van der Waals surface area contributed by atoms with E-state index >= 15 is 0 Å². The third kappa shape index (κ3) is 4.01. The Balaban J connectivity index is 1.66. The fraction of sp³-hybridized carbons (Fsp3) is 0.100. The maximum Gasteiger partial charge on any atom is 0.339 e. The van der Waals surface area contributed by atoms with Crippen LogP contribution < -0.4 is 5.32 Å². The van der Waals surface area contributed by atoms with Gasteiger partial charge in [-0.2, -0.15) is 0 Å². The summed E-state index contributed by atoms with van der Waals surface area (Å²) in [5, 5.41) is 4.76. The van der Waals surface area contributed by atoms with Crippen molar-refractivity contribution in [2.24, 2.45) is 0 Å². The lowest BCUT2D eigenvalue weighted by molar-refractivity contribution is -0.123. The van der Waals surface area contributed by atoms with Crippen LogP contribution in [0.4, 0.5) is 10.1 Å². The molecule has 1 amide bonds. The minimum atomic E-state index is -1.01. The zero-order valence-electron chi connectivity index (χ0n) is 13.5. The number of esters is 1. The third-order valence-corrected chi connectivity index (χ3v) is 3.73. The Morgan fingerprint density at radius 2 is 1.72 bits per heavy atom. The number of hydrogen-bond acceptors (Lipinski definition) is 3. The van der Waals surface area contributed by atoms with E-state index < -0.39 is 23.8 Å². The highest BCUT2D eigenvalue weighted by Crippen LogP contribution is 2.19. The Labute approximate surface area is 144 Å². The lowest BCUT2D eigenvalue weighted by Crippen LogP contribution is -2.30. The third-order valence-electron chi connectivity index (χ3n) is 3.73. The standard InChI is InChI=1S/C20H16FNO3/c1-13(25-20(24)16-7-4-8-17(21)11-16)19(23)22-18-10-9-14-5-2-3-6-15(14)12-18/h2-13H,1H3,(H,22,23)/t13-/m0/s1. The molecule has 1 N–H and O–H groups in total. The number of rotatable bonds is 4. The van der Waals surface area contributed by atoms with Crippen LogP contribution in [0.5, 0.6) is 0 Å². The quantitative estimate of drug-likeness (QED) is 0.727. The van der Waals surface area contributed by atoms with Crippen molar-refractivity contribution in [1.29, 1.82) is 0 Å². The van der Waals surface area contributed by atoms with Crippen LogP contribution in [0.15, 0.2) is 66.7 Å². The topological polar surface area (TPSA) is 55.4 Å². The Morgan fingerprint density at radius 3 is 2.48 bits per heavy atom. The van der Waals surface area contributed by atoms with Gasteiger partial charge in [0, 0.05) is 5.69 Å². The summed E-state index contributed by atoms with van der Waals surface area (Å²) in [5.41, 5.74) is 0.669. The van der Waals surface area contributed by atoms with E-state index in [1.807, 2.05) is 36.4 Å². The van der Waals surface area contributed by atoms with Crippen LogP contribution in [0.25, 0.3) is 10.8 Å². The van der Waals surface area contributed by atoms with Crippen LogP contribution in [-0.4, -0.2) is 18.0 Å². The molecule has 0 aromatic heterocycles. The van der Waals surface area contributed by atoms with Crippen molar-refractivity contribution in [1.82, 2.24) is 0 Å². The van der Waals surface area contributed by atoms with E-state index in [1.165, 1.54) is 25.1 Å². The summed E-state index contributed by atoms with van der Waals surface area (Å²) in [5.74, 6) is -1.75. The molecule has 0 radical (unpaired) electrons. The van der Waals surface area contributed by atoms with E-state index in [0.717, 1.165) is 16.8 Å². The van der Waals surface area contributed by atoms with E-state index in [2.05, 4.69) is 5.32 Å². The van der Waals surface area contributed by atoms with Crippen molar-refractivity contribution >= 4 is 28.3 Å². The molecule has 0 saturated heterocycles. The first kappa shape index (κ1) is 16.6. The van der Waals surface area contributed by atoms with Gasteiger partial charge in [0.1, 0.15) is 5.82 Å². The van der Waals surface area contributed by atoms with Crippen molar-refractivity contribution in [2.45, 2.75) is 13.0 Å². The molecule has 25 heavy (non-hydrogen) atoms. The predicted molar refractivity (Wildman–Crippen MR) is 93.9 cm³/mol. The van der Waals surface area contributed by atoms with Crippen LogP contribution in [0.1, 0.15) is 17.3 Å². The van der Waals surface area contributed by atoms with Crippen LogP contribution >= 0.6 is 0 Å². The Morgan fingerprint density at radius 1 is 0.960 bits per heavy atom. The molecule has 0 spiro atoms. The van der Waals surface area contributed by atoms with Gasteiger partial charge in [-0.3, -0.25) is 4.79 Å². The maximum atomic E-state index is 13.2. The summed E-state index contributed by atoms with van der Waals surface area (Å²) in [6.07, 6.45) is -1.01. The average molecular weight is 337 g/mol. The molecule has 0 aliphatic heterocycles. The summed E-state index contributed by atoms with van der Waals surface area (Å²) < 4.78 is 18.2. The zero-order valence-corrected chi connectivity index (χ0v) is 13.5. The molecule has 0 heterocycles. The van der Waals surface area contributed by atoms with Gasteiger partial charge >= 0.3 is 5.97 Å². The number of hydrogen-bond donors (Lipinski definition) is 1. The first-order valence-electron chi connectivity index (χ1n) is 7.79. The second-order valence-corrected chi connectivity index (χ2v) is 5.61. The van der Waals surface area contributed by atoms with Gasteiger partial charge in [-0.15, -0.1) is 0 Å². The Kier molecular flexibility index (Phi) is 4.75. The zero-order chi connectivity index (χ0) is 17.8. The van der Waals surface area contributed by atoms with Gasteiger partial charge in [0.15, 0.2) is 6.10 Å². The number of benzene rings is 3. The molecule has 0 aliphatic rings. The van der Waals surface area contributed by atoms with E-state index in [0.29, 0.717) is 5.69 Å².